The number of ketones is 1. The molecule has 22 heteroatoms. The molecule has 6 aliphatic rings. The topological polar surface area (TPSA) is 199 Å². The van der Waals surface area contributed by atoms with Crippen molar-refractivity contribution in [2.45, 2.75) is 109 Å². The van der Waals surface area contributed by atoms with E-state index in [1.54, 1.807) is 0 Å². The lowest BCUT2D eigenvalue weighted by Crippen LogP contribution is -2.38. The zero-order valence-electron chi connectivity index (χ0n) is 56.0. The maximum absolute atomic E-state index is 11.2. The Morgan fingerprint density at radius 2 is 0.745 bits per heavy atom. The van der Waals surface area contributed by atoms with Crippen molar-refractivity contribution in [3.05, 3.63) is 253 Å². The Morgan fingerprint density at radius 3 is 1.09 bits per heavy atom. The van der Waals surface area contributed by atoms with Gasteiger partial charge in [-0.2, -0.15) is 33.9 Å². The molecule has 5 saturated heterocycles. The number of aliphatic hydroxyl groups is 1. The number of benzene rings is 5. The lowest BCUT2D eigenvalue weighted by molar-refractivity contribution is -0.119. The summed E-state index contributed by atoms with van der Waals surface area (Å²) in [5.41, 5.74) is 6.27. The molecule has 2 unspecified atom stereocenters. The smallest absolute Gasteiger partial charge is 0.264 e. The van der Waals surface area contributed by atoms with Crippen LogP contribution in [0.2, 0.25) is 0 Å². The van der Waals surface area contributed by atoms with Crippen LogP contribution in [-0.2, 0) is 56.6 Å². The van der Waals surface area contributed by atoms with E-state index in [0.29, 0.717) is 43.7 Å². The molecular formula is C76H91N15O6S. The number of rotatable bonds is 17. The van der Waals surface area contributed by atoms with Crippen molar-refractivity contribution in [3.8, 4) is 0 Å². The summed E-state index contributed by atoms with van der Waals surface area (Å²) in [7, 11) is -3.37. The van der Waals surface area contributed by atoms with Gasteiger partial charge in [-0.15, -0.1) is 0 Å². The maximum Gasteiger partial charge on any atom is 0.264 e. The van der Waals surface area contributed by atoms with Gasteiger partial charge in [0.1, 0.15) is 11.9 Å². The van der Waals surface area contributed by atoms with Gasteiger partial charge in [0.2, 0.25) is 0 Å². The van der Waals surface area contributed by atoms with Gasteiger partial charge in [0, 0.05) is 140 Å². The summed E-state index contributed by atoms with van der Waals surface area (Å²) in [5.74, 6) is 5.44. The van der Waals surface area contributed by atoms with E-state index in [9.17, 15) is 18.3 Å². The fourth-order valence-electron chi connectivity index (χ4n) is 12.6. The molecule has 11 heterocycles. The van der Waals surface area contributed by atoms with Crippen LogP contribution in [0.15, 0.2) is 225 Å². The molecule has 0 spiro atoms. The molecule has 5 aromatic carbocycles. The molecule has 0 saturated carbocycles. The third-order valence-electron chi connectivity index (χ3n) is 18.1. The van der Waals surface area contributed by atoms with Crippen molar-refractivity contribution in [1.82, 2.24) is 48.9 Å². The first-order chi connectivity index (χ1) is 47.9. The molecule has 1 N–H and O–H groups in total. The molecule has 21 nitrogen and oxygen atoms in total. The Kier molecular flexibility index (Phi) is 23.7. The van der Waals surface area contributed by atoms with E-state index < -0.39 is 10.1 Å². The van der Waals surface area contributed by atoms with Gasteiger partial charge in [-0.3, -0.25) is 32.4 Å². The van der Waals surface area contributed by atoms with Gasteiger partial charge in [0.05, 0.1) is 57.3 Å². The Morgan fingerprint density at radius 1 is 0.408 bits per heavy atom. The average molecular weight is 1340 g/mol. The SMILES string of the molecule is C1=CCN(c2ccn(Cc3ccccc3)n2)CC1.CS(=O)(=O)OC1CCN(c2ccn(Cc3ccccc3)n2)CC1.O=C1CCN(c2ccn(Cc3ccccc3)n2)CC1.OC1CCN(c2ccn(Cc3ccccc3)n2)CC1.c1ccc(Cn2ccc(N3CCC4OC4C3)n2)cc1. The number of ether oxygens (including phenoxy) is 1. The third-order valence-corrected chi connectivity index (χ3v) is 18.7. The summed E-state index contributed by atoms with van der Waals surface area (Å²) >= 11 is 0. The van der Waals surface area contributed by atoms with E-state index in [0.717, 1.165) is 159 Å². The molecule has 0 aliphatic carbocycles. The van der Waals surface area contributed by atoms with E-state index in [1.165, 1.54) is 27.8 Å². The number of anilines is 5. The van der Waals surface area contributed by atoms with E-state index in [-0.39, 0.29) is 12.2 Å². The monoisotopic (exact) mass is 1340 g/mol. The summed E-state index contributed by atoms with van der Waals surface area (Å²) in [6, 6.07) is 62.0. The van der Waals surface area contributed by atoms with E-state index in [4.69, 9.17) is 8.92 Å². The molecule has 16 rings (SSSR count). The van der Waals surface area contributed by atoms with Crippen molar-refractivity contribution < 1.29 is 27.2 Å². The second kappa shape index (κ2) is 34.1. The van der Waals surface area contributed by atoms with Gasteiger partial charge in [-0.05, 0) is 66.3 Å². The average Bonchev–Trinajstić information content (AvgIpc) is 1.66. The molecule has 0 radical (unpaired) electrons. The number of Topliss-reactive ketones (excluding diaryl/α,β-unsaturated/α-hetero) is 1. The Bertz CT molecular complexity index is 4130. The van der Waals surface area contributed by atoms with Crippen LogP contribution in [0.3, 0.4) is 0 Å². The van der Waals surface area contributed by atoms with Crippen molar-refractivity contribution in [2.24, 2.45) is 0 Å². The summed E-state index contributed by atoms with van der Waals surface area (Å²) in [6.45, 7) is 13.0. The number of hydrogen-bond acceptors (Lipinski definition) is 16. The molecule has 10 aromatic rings. The van der Waals surface area contributed by atoms with Crippen LogP contribution >= 0.6 is 0 Å². The molecule has 5 fully saturated rings. The van der Waals surface area contributed by atoms with Crippen LogP contribution in [-0.4, -0.2) is 164 Å². The number of aliphatic hydroxyl groups excluding tert-OH is 1. The quantitative estimate of drug-likeness (QED) is 0.0513. The first kappa shape index (κ1) is 68.3. The Balaban J connectivity index is 0.000000117. The fourth-order valence-corrected chi connectivity index (χ4v) is 13.3. The lowest BCUT2D eigenvalue weighted by Gasteiger charge is -2.31. The first-order valence-corrected chi connectivity index (χ1v) is 36.2. The number of fused-ring (bicyclic) bond motifs is 1. The maximum atomic E-state index is 11.2. The predicted octanol–water partition coefficient (Wildman–Crippen LogP) is 10.5. The van der Waals surface area contributed by atoms with Gasteiger partial charge in [0.25, 0.3) is 10.1 Å². The molecule has 0 amide bonds. The number of hydrogen-bond donors (Lipinski definition) is 1. The molecule has 2 atom stereocenters. The van der Waals surface area contributed by atoms with E-state index >= 15 is 0 Å². The van der Waals surface area contributed by atoms with Crippen LogP contribution in [0.1, 0.15) is 79.2 Å². The zero-order chi connectivity index (χ0) is 67.3. The summed E-state index contributed by atoms with van der Waals surface area (Å²) in [6.07, 6.45) is 22.9. The van der Waals surface area contributed by atoms with Gasteiger partial charge in [-0.25, -0.2) is 0 Å². The van der Waals surface area contributed by atoms with Crippen LogP contribution in [0.4, 0.5) is 29.1 Å². The van der Waals surface area contributed by atoms with E-state index in [2.05, 4.69) is 178 Å². The lowest BCUT2D eigenvalue weighted by atomic mass is 10.1. The van der Waals surface area contributed by atoms with Crippen molar-refractivity contribution in [2.75, 3.05) is 96.2 Å². The van der Waals surface area contributed by atoms with Gasteiger partial charge < -0.3 is 34.3 Å². The van der Waals surface area contributed by atoms with Crippen molar-refractivity contribution in [3.63, 3.8) is 0 Å². The Labute approximate surface area is 575 Å². The minimum absolute atomic E-state index is 0.136. The van der Waals surface area contributed by atoms with Crippen molar-refractivity contribution >= 4 is 45.0 Å². The highest BCUT2D eigenvalue weighted by molar-refractivity contribution is 7.86. The molecule has 0 bridgehead atoms. The minimum atomic E-state index is -3.37. The van der Waals surface area contributed by atoms with Gasteiger partial charge in [-0.1, -0.05) is 164 Å². The number of epoxide rings is 1. The molecule has 98 heavy (non-hydrogen) atoms. The third kappa shape index (κ3) is 21.0. The number of nitrogens with zero attached hydrogens (tertiary/aromatic N) is 15. The van der Waals surface area contributed by atoms with Crippen LogP contribution < -0.4 is 24.5 Å². The molecular weight excluding hydrogens is 1250 g/mol. The number of carbonyl (C=O) groups excluding carboxylic acids is 1. The van der Waals surface area contributed by atoms with Gasteiger partial charge in [0.15, 0.2) is 29.1 Å². The minimum Gasteiger partial charge on any atom is -0.393 e. The Hall–Kier alpha value is -9.61. The number of aromatic nitrogens is 10. The zero-order valence-corrected chi connectivity index (χ0v) is 56.9. The highest BCUT2D eigenvalue weighted by atomic mass is 32.2. The fraction of sp³-hybridized carbons (Fsp3) is 0.368. The first-order valence-electron chi connectivity index (χ1n) is 34.4. The van der Waals surface area contributed by atoms with Gasteiger partial charge >= 0.3 is 0 Å². The summed E-state index contributed by atoms with van der Waals surface area (Å²) < 4.78 is 42.8. The summed E-state index contributed by atoms with van der Waals surface area (Å²) in [5, 5.41) is 32.6. The highest BCUT2D eigenvalue weighted by Gasteiger charge is 2.43. The van der Waals surface area contributed by atoms with E-state index in [1.807, 2.05) is 121 Å². The second-order valence-electron chi connectivity index (χ2n) is 25.7. The van der Waals surface area contributed by atoms with Crippen LogP contribution in [0, 0.1) is 0 Å². The standard InChI is InChI=1S/C16H21N3O3S.C15H17N3O.C15H19N3O.C15H17N3O.C15H17N3/c1-23(20,21)22-15-7-10-18(11-8-15)16-9-12-19(17-16)13-14-5-3-2-4-6-14;1-2-4-12(5-3-1)10-18-9-7-15(16-18)17-8-6-13-14(11-17)19-13;2*19-14-6-9-17(10-7-14)15-8-11-18(16-15)12-13-4-2-1-3-5-13;1-3-7-14(8-4-1)13-18-12-9-15(16-18)17-10-5-2-6-11-17/h2-6,9,12,15H,7-8,10-11,13H2,1H3;1-5,7,9,13-14H,6,8,10-11H2;1-5,8,11,14,19H,6-7,9-10,12H2;1-5,8,11H,6-7,9-10,12H2;1-5,7-9,12H,6,10-11,13H2. The largest absolute Gasteiger partial charge is 0.393 e. The predicted molar refractivity (Wildman–Crippen MR) is 385 cm³/mol. The number of carbonyl (C=O) groups is 1. The molecule has 512 valence electrons. The normalized spacial score (nSPS) is 17.9. The molecule has 6 aliphatic heterocycles. The highest BCUT2D eigenvalue weighted by Crippen LogP contribution is 2.33. The molecule has 5 aromatic heterocycles. The number of piperidine rings is 4. The van der Waals surface area contributed by atoms with Crippen LogP contribution in [0.5, 0.6) is 0 Å². The second-order valence-corrected chi connectivity index (χ2v) is 27.3. The van der Waals surface area contributed by atoms with Crippen molar-refractivity contribution in [1.29, 1.82) is 0 Å². The van der Waals surface area contributed by atoms with Crippen LogP contribution in [0.25, 0.3) is 0 Å². The summed E-state index contributed by atoms with van der Waals surface area (Å²) in [4.78, 5) is 22.5.